The molecule has 0 aromatic heterocycles. The molecule has 0 amide bonds. The molecule has 102 valence electrons. The van der Waals surface area contributed by atoms with E-state index in [2.05, 4.69) is 0 Å². The van der Waals surface area contributed by atoms with E-state index < -0.39 is 16.7 Å². The molecule has 7 nitrogen and oxygen atoms in total. The minimum atomic E-state index is -0.449. The van der Waals surface area contributed by atoms with Crippen LogP contribution in [0.25, 0.3) is 0 Å². The molecular formula is C16H3N7. The van der Waals surface area contributed by atoms with E-state index in [0.29, 0.717) is 0 Å². The van der Waals surface area contributed by atoms with E-state index in [-0.39, 0.29) is 27.9 Å². The van der Waals surface area contributed by atoms with Crippen molar-refractivity contribution in [2.75, 3.05) is 0 Å². The second-order valence-corrected chi connectivity index (χ2v) is 4.03. The lowest BCUT2D eigenvalue weighted by Gasteiger charge is -2.31. The molecule has 0 saturated heterocycles. The van der Waals surface area contributed by atoms with Gasteiger partial charge in [0.25, 0.3) is 0 Å². The molecule has 0 unspecified atom stereocenters. The smallest absolute Gasteiger partial charge is 0.138 e. The molecule has 1 aliphatic carbocycles. The molecule has 7 heteroatoms. The van der Waals surface area contributed by atoms with Crippen LogP contribution < -0.4 is 0 Å². The number of allylic oxidation sites excluding steroid dienone is 8. The Morgan fingerprint density at radius 1 is 0.478 bits per heavy atom. The Morgan fingerprint density at radius 2 is 0.739 bits per heavy atom. The zero-order valence-electron chi connectivity index (χ0n) is 11.6. The summed E-state index contributed by atoms with van der Waals surface area (Å²) >= 11 is 0. The maximum absolute atomic E-state index is 9.07. The molecule has 0 heterocycles. The van der Waals surface area contributed by atoms with E-state index in [4.69, 9.17) is 36.8 Å². The number of nitrogens with zero attached hydrogens (tertiary/aromatic N) is 7. The lowest BCUT2D eigenvalue weighted by Crippen LogP contribution is -2.20. The highest BCUT2D eigenvalue weighted by Crippen LogP contribution is 2.50. The van der Waals surface area contributed by atoms with Crippen LogP contribution in [0.5, 0.6) is 0 Å². The quantitative estimate of drug-likeness (QED) is 0.614. The Kier molecular flexibility index (Phi) is 4.80. The minimum absolute atomic E-state index is 0.0555. The van der Waals surface area contributed by atoms with Crippen LogP contribution in [-0.4, -0.2) is 0 Å². The summed E-state index contributed by atoms with van der Waals surface area (Å²) in [5, 5.41) is 63.3. The first kappa shape index (κ1) is 16.4. The molecule has 23 heavy (non-hydrogen) atoms. The van der Waals surface area contributed by atoms with Crippen LogP contribution in [0.2, 0.25) is 0 Å². The molecule has 1 fully saturated rings. The molecule has 0 aromatic rings. The van der Waals surface area contributed by atoms with Crippen molar-refractivity contribution < 1.29 is 0 Å². The second kappa shape index (κ2) is 6.71. The highest BCUT2D eigenvalue weighted by molar-refractivity contribution is 5.89. The van der Waals surface area contributed by atoms with Crippen molar-refractivity contribution in [1.29, 1.82) is 36.8 Å². The number of hydrogen-bond donors (Lipinski definition) is 0. The Bertz CT molecular complexity index is 925. The monoisotopic (exact) mass is 293 g/mol. The molecule has 0 spiro atoms. The van der Waals surface area contributed by atoms with Gasteiger partial charge in [-0.25, -0.2) is 0 Å². The third kappa shape index (κ3) is 2.40. The van der Waals surface area contributed by atoms with Crippen molar-refractivity contribution in [1.82, 2.24) is 0 Å². The average molecular weight is 293 g/mol. The van der Waals surface area contributed by atoms with Gasteiger partial charge in [-0.15, -0.1) is 0 Å². The highest BCUT2D eigenvalue weighted by Gasteiger charge is 2.40. The fourth-order valence-corrected chi connectivity index (χ4v) is 2.03. The molecule has 1 rings (SSSR count). The molecule has 0 bridgehead atoms. The van der Waals surface area contributed by atoms with E-state index in [9.17, 15) is 0 Å². The summed E-state index contributed by atoms with van der Waals surface area (Å²) in [6, 6.07) is 11.5. The molecular weight excluding hydrogens is 290 g/mol. The first-order valence-electron chi connectivity index (χ1n) is 5.82. The second-order valence-electron chi connectivity index (χ2n) is 4.03. The predicted molar refractivity (Wildman–Crippen MR) is 73.1 cm³/mol. The van der Waals surface area contributed by atoms with Gasteiger partial charge in [0.1, 0.15) is 53.1 Å². The molecule has 0 atom stereocenters. The summed E-state index contributed by atoms with van der Waals surface area (Å²) in [5.74, 6) is 0. The van der Waals surface area contributed by atoms with E-state index >= 15 is 0 Å². The highest BCUT2D eigenvalue weighted by atomic mass is 14.4. The van der Waals surface area contributed by atoms with Crippen LogP contribution in [0.4, 0.5) is 0 Å². The van der Waals surface area contributed by atoms with Crippen LogP contribution in [0.3, 0.4) is 0 Å². The van der Waals surface area contributed by atoms with Gasteiger partial charge in [-0.2, -0.15) is 36.8 Å². The maximum atomic E-state index is 9.07. The Morgan fingerprint density at radius 3 is 0.957 bits per heavy atom. The van der Waals surface area contributed by atoms with Crippen LogP contribution in [0.15, 0.2) is 44.6 Å². The van der Waals surface area contributed by atoms with Gasteiger partial charge in [-0.3, -0.25) is 0 Å². The molecule has 1 saturated carbocycles. The van der Waals surface area contributed by atoms with Crippen molar-refractivity contribution in [3.05, 3.63) is 44.6 Å². The summed E-state index contributed by atoms with van der Waals surface area (Å²) < 4.78 is 0. The lowest BCUT2D eigenvalue weighted by molar-refractivity contribution is 1.15. The third-order valence-electron chi connectivity index (χ3n) is 2.96. The molecule has 0 aliphatic heterocycles. The lowest BCUT2D eigenvalue weighted by atomic mass is 9.67. The van der Waals surface area contributed by atoms with Crippen molar-refractivity contribution in [2.24, 2.45) is 0 Å². The minimum Gasteiger partial charge on any atom is -0.193 e. The van der Waals surface area contributed by atoms with E-state index in [1.807, 2.05) is 6.07 Å². The summed E-state index contributed by atoms with van der Waals surface area (Å²) in [6.07, 6.45) is 0. The molecule has 1 aliphatic rings. The zero-order chi connectivity index (χ0) is 17.6. The van der Waals surface area contributed by atoms with E-state index in [1.54, 1.807) is 36.4 Å². The van der Waals surface area contributed by atoms with Gasteiger partial charge in [0, 0.05) is 27.9 Å². The van der Waals surface area contributed by atoms with Crippen molar-refractivity contribution in [3.63, 3.8) is 0 Å². The summed E-state index contributed by atoms with van der Waals surface area (Å²) in [4.78, 5) is 0. The van der Waals surface area contributed by atoms with Gasteiger partial charge in [-0.1, -0.05) is 0 Å². The van der Waals surface area contributed by atoms with E-state index in [1.165, 1.54) is 6.92 Å². The van der Waals surface area contributed by atoms with Crippen LogP contribution in [0.1, 0.15) is 6.92 Å². The normalized spacial score (nSPS) is 11.0. The van der Waals surface area contributed by atoms with Gasteiger partial charge in [-0.05, 0) is 6.92 Å². The fourth-order valence-electron chi connectivity index (χ4n) is 2.03. The Labute approximate surface area is 131 Å². The largest absolute Gasteiger partial charge is 0.193 e. The van der Waals surface area contributed by atoms with Crippen molar-refractivity contribution in [2.45, 2.75) is 6.92 Å². The van der Waals surface area contributed by atoms with Crippen molar-refractivity contribution in [3.8, 4) is 42.5 Å². The third-order valence-corrected chi connectivity index (χ3v) is 2.96. The summed E-state index contributed by atoms with van der Waals surface area (Å²) in [7, 11) is 0. The fraction of sp³-hybridized carbons (Fsp3) is 0.0625. The van der Waals surface area contributed by atoms with E-state index in [0.717, 1.165) is 0 Å². The Hall–Kier alpha value is -4.61. The molecule has 0 aromatic carbocycles. The van der Waals surface area contributed by atoms with Crippen LogP contribution in [-0.2, 0) is 0 Å². The summed E-state index contributed by atoms with van der Waals surface area (Å²) in [6.45, 7) is 1.38. The molecule has 0 radical (unpaired) electrons. The number of rotatable bonds is 0. The van der Waals surface area contributed by atoms with Gasteiger partial charge in [0.05, 0.1) is 6.07 Å². The number of nitriles is 7. The van der Waals surface area contributed by atoms with Gasteiger partial charge >= 0.3 is 0 Å². The van der Waals surface area contributed by atoms with Crippen molar-refractivity contribution >= 4 is 0 Å². The van der Waals surface area contributed by atoms with Gasteiger partial charge in [0.2, 0.25) is 0 Å². The Balaban J connectivity index is 4.22. The van der Waals surface area contributed by atoms with Gasteiger partial charge in [0.15, 0.2) is 0 Å². The molecule has 0 N–H and O–H groups in total. The first-order valence-corrected chi connectivity index (χ1v) is 5.82. The standard InChI is InChI=1S/C16H3N7/c1-9(2-17)13-14(10(3-18)4-19)16(12(7-22)8-23)15(13)11(5-20)6-21/h1H3. The predicted octanol–water partition coefficient (Wildman–Crippen LogP) is 1.87. The SMILES string of the molecule is CC(C#N)=C1C(=C(C#N)C#N)C(=C(C#N)C#N)C1=C(C#N)C#N. The maximum Gasteiger partial charge on any atom is 0.138 e. The average Bonchev–Trinajstić information content (AvgIpc) is 2.58. The first-order chi connectivity index (χ1) is 11.1. The topological polar surface area (TPSA) is 167 Å². The van der Waals surface area contributed by atoms with Crippen LogP contribution in [0, 0.1) is 79.3 Å². The van der Waals surface area contributed by atoms with Gasteiger partial charge < -0.3 is 0 Å². The number of hydrogen-bond acceptors (Lipinski definition) is 7. The summed E-state index contributed by atoms with van der Waals surface area (Å²) in [5.41, 5.74) is -1.42. The van der Waals surface area contributed by atoms with Crippen LogP contribution >= 0.6 is 0 Å². The zero-order valence-corrected chi connectivity index (χ0v) is 11.6.